The van der Waals surface area contributed by atoms with Crippen molar-refractivity contribution in [2.75, 3.05) is 42.9 Å². The van der Waals surface area contributed by atoms with E-state index in [1.165, 1.54) is 46.3 Å². The monoisotopic (exact) mass is 729 g/mol. The first-order valence-corrected chi connectivity index (χ1v) is 16.9. The number of fused-ring (bicyclic) bond motifs is 1. The average Bonchev–Trinajstić information content (AvgIpc) is 3.65. The van der Waals surface area contributed by atoms with Gasteiger partial charge in [0.15, 0.2) is 0 Å². The van der Waals surface area contributed by atoms with Crippen LogP contribution in [0.2, 0.25) is 5.02 Å². The molecule has 2 aliphatic heterocycles. The molecule has 270 valence electrons. The third-order valence-electron chi connectivity index (χ3n) is 8.71. The van der Waals surface area contributed by atoms with Gasteiger partial charge in [0.25, 0.3) is 5.91 Å². The molecule has 1 fully saturated rings. The van der Waals surface area contributed by atoms with E-state index in [-0.39, 0.29) is 28.9 Å². The molecular weight excluding hydrogens is 693 g/mol. The van der Waals surface area contributed by atoms with Crippen molar-refractivity contribution in [2.45, 2.75) is 38.8 Å². The number of rotatable bonds is 7. The molecule has 1 atom stereocenters. The highest BCUT2D eigenvalue weighted by Gasteiger charge is 2.37. The Morgan fingerprint density at radius 3 is 2.38 bits per heavy atom. The van der Waals surface area contributed by atoms with Crippen LogP contribution in [0.4, 0.5) is 20.6 Å². The summed E-state index contributed by atoms with van der Waals surface area (Å²) in [5, 5.41) is 13.8. The number of aromatic nitrogens is 4. The van der Waals surface area contributed by atoms with Crippen LogP contribution in [-0.4, -0.2) is 92.1 Å². The van der Waals surface area contributed by atoms with Crippen LogP contribution in [0.15, 0.2) is 67.0 Å². The molecule has 6 rings (SSSR count). The SMILES string of the molecule is CC(C)(C)OC(=O)N1CCN(c2cccc3c2CCN(C(=O)C=Cc2cc(Cl)c(F)cc2-n2cnnn2)C3C(=O)Nc2ccc(C(N)=O)cc2)CC1. The van der Waals surface area contributed by atoms with Crippen molar-refractivity contribution in [3.63, 3.8) is 0 Å². The number of primary amides is 1. The zero-order valence-corrected chi connectivity index (χ0v) is 29.5. The number of nitrogens with zero attached hydrogens (tertiary/aromatic N) is 7. The van der Waals surface area contributed by atoms with Crippen LogP contribution in [0.5, 0.6) is 0 Å². The predicted octanol–water partition coefficient (Wildman–Crippen LogP) is 4.39. The Morgan fingerprint density at radius 1 is 1.00 bits per heavy atom. The topological polar surface area (TPSA) is 169 Å². The summed E-state index contributed by atoms with van der Waals surface area (Å²) in [6, 6.07) is 13.3. The van der Waals surface area contributed by atoms with Crippen LogP contribution in [0.1, 0.15) is 53.9 Å². The number of anilines is 2. The van der Waals surface area contributed by atoms with Gasteiger partial charge in [-0.2, -0.15) is 4.68 Å². The van der Waals surface area contributed by atoms with Crippen molar-refractivity contribution in [1.29, 1.82) is 0 Å². The van der Waals surface area contributed by atoms with Gasteiger partial charge in [0.1, 0.15) is 23.8 Å². The van der Waals surface area contributed by atoms with Gasteiger partial charge in [0.2, 0.25) is 11.8 Å². The molecule has 0 spiro atoms. The summed E-state index contributed by atoms with van der Waals surface area (Å²) >= 11 is 6.09. The van der Waals surface area contributed by atoms with Gasteiger partial charge >= 0.3 is 6.09 Å². The highest BCUT2D eigenvalue weighted by atomic mass is 35.5. The fourth-order valence-corrected chi connectivity index (χ4v) is 6.44. The molecule has 1 aromatic heterocycles. The zero-order chi connectivity index (χ0) is 37.2. The van der Waals surface area contributed by atoms with E-state index >= 15 is 0 Å². The maximum absolute atomic E-state index is 14.4. The van der Waals surface area contributed by atoms with E-state index in [1.54, 1.807) is 17.0 Å². The van der Waals surface area contributed by atoms with Crippen molar-refractivity contribution in [2.24, 2.45) is 5.73 Å². The van der Waals surface area contributed by atoms with Crippen molar-refractivity contribution in [1.82, 2.24) is 30.0 Å². The number of benzene rings is 3. The molecule has 0 radical (unpaired) electrons. The van der Waals surface area contributed by atoms with Crippen LogP contribution in [0, 0.1) is 5.82 Å². The molecule has 3 aromatic carbocycles. The molecule has 52 heavy (non-hydrogen) atoms. The first kappa shape index (κ1) is 36.0. The Hall–Kier alpha value is -5.83. The Labute approximate surface area is 303 Å². The van der Waals surface area contributed by atoms with E-state index in [2.05, 4.69) is 25.7 Å². The number of amides is 4. The summed E-state index contributed by atoms with van der Waals surface area (Å²) in [6.07, 6.45) is 4.14. The van der Waals surface area contributed by atoms with E-state index in [0.29, 0.717) is 49.4 Å². The lowest BCUT2D eigenvalue weighted by atomic mass is 9.89. The summed E-state index contributed by atoms with van der Waals surface area (Å²) in [5.74, 6) is -2.24. The van der Waals surface area contributed by atoms with E-state index in [1.807, 2.05) is 39.0 Å². The maximum atomic E-state index is 14.4. The fourth-order valence-electron chi connectivity index (χ4n) is 6.26. The first-order valence-electron chi connectivity index (χ1n) is 16.6. The smallest absolute Gasteiger partial charge is 0.410 e. The van der Waals surface area contributed by atoms with Crippen molar-refractivity contribution in [3.8, 4) is 5.69 Å². The molecule has 14 nitrogen and oxygen atoms in total. The lowest BCUT2D eigenvalue weighted by molar-refractivity contribution is -0.135. The fraction of sp³-hybridized carbons (Fsp3) is 0.306. The van der Waals surface area contributed by atoms with Crippen LogP contribution in [0.25, 0.3) is 11.8 Å². The first-order chi connectivity index (χ1) is 24.8. The molecular formula is C36H37ClFN9O5. The molecule has 3 N–H and O–H groups in total. The van der Waals surface area contributed by atoms with E-state index in [0.717, 1.165) is 17.3 Å². The summed E-state index contributed by atoms with van der Waals surface area (Å²) in [6.45, 7) is 7.71. The minimum absolute atomic E-state index is 0.158. The Kier molecular flexibility index (Phi) is 10.2. The number of nitrogens with two attached hydrogens (primary N) is 1. The molecule has 0 aliphatic carbocycles. The van der Waals surface area contributed by atoms with E-state index in [9.17, 15) is 23.6 Å². The molecule has 4 amide bonds. The van der Waals surface area contributed by atoms with Gasteiger partial charge < -0.3 is 30.5 Å². The van der Waals surface area contributed by atoms with Crippen LogP contribution in [0.3, 0.4) is 0 Å². The number of halogens is 2. The predicted molar refractivity (Wildman–Crippen MR) is 191 cm³/mol. The second-order valence-electron chi connectivity index (χ2n) is 13.3. The minimum Gasteiger partial charge on any atom is -0.444 e. The van der Waals surface area contributed by atoms with Gasteiger partial charge in [-0.15, -0.1) is 5.10 Å². The number of ether oxygens (including phenoxy) is 1. The van der Waals surface area contributed by atoms with Crippen molar-refractivity contribution in [3.05, 3.63) is 100 Å². The number of carbonyl (C=O) groups is 4. The second kappa shape index (κ2) is 14.8. The molecule has 1 saturated heterocycles. The normalized spacial score (nSPS) is 16.1. The Bertz CT molecular complexity index is 2020. The highest BCUT2D eigenvalue weighted by molar-refractivity contribution is 6.31. The Balaban J connectivity index is 1.30. The molecule has 16 heteroatoms. The average molecular weight is 730 g/mol. The molecule has 1 unspecified atom stereocenters. The number of tetrazole rings is 1. The standard InChI is InChI=1S/C36H37ClFN9O5/c1-36(2,3)52-35(51)45-17-15-44(16-18-45)29-6-4-5-26-25(29)13-14-46(32(26)34(50)41-24-10-7-22(8-11-24)33(39)49)31(48)12-9-23-19-27(37)28(38)20-30(23)47-21-40-42-43-47/h4-12,19-21,32H,13-18H2,1-3H3,(H2,39,49)(H,41,50). The van der Waals surface area contributed by atoms with Gasteiger partial charge in [-0.3, -0.25) is 14.4 Å². The maximum Gasteiger partial charge on any atom is 0.410 e. The van der Waals surface area contributed by atoms with Gasteiger partial charge in [-0.25, -0.2) is 9.18 Å². The van der Waals surface area contributed by atoms with Crippen LogP contribution >= 0.6 is 11.6 Å². The number of carbonyl (C=O) groups excluding carboxylic acids is 4. The largest absolute Gasteiger partial charge is 0.444 e. The van der Waals surface area contributed by atoms with Crippen molar-refractivity contribution >= 4 is 52.9 Å². The number of hydrogen-bond donors (Lipinski definition) is 2. The highest BCUT2D eigenvalue weighted by Crippen LogP contribution is 2.37. The quantitative estimate of drug-likeness (QED) is 0.262. The minimum atomic E-state index is -1.05. The zero-order valence-electron chi connectivity index (χ0n) is 28.8. The number of nitrogens with one attached hydrogen (secondary N) is 1. The summed E-state index contributed by atoms with van der Waals surface area (Å²) in [7, 11) is 0. The number of hydrogen-bond acceptors (Lipinski definition) is 9. The molecule has 3 heterocycles. The summed E-state index contributed by atoms with van der Waals surface area (Å²) in [5.41, 5.74) is 8.57. The molecule has 0 saturated carbocycles. The Morgan fingerprint density at radius 2 is 1.73 bits per heavy atom. The lowest BCUT2D eigenvalue weighted by Crippen LogP contribution is -2.51. The number of piperazine rings is 1. The molecule has 2 aliphatic rings. The van der Waals surface area contributed by atoms with E-state index < -0.39 is 35.2 Å². The molecule has 0 bridgehead atoms. The van der Waals surface area contributed by atoms with Crippen LogP contribution in [-0.2, 0) is 20.7 Å². The van der Waals surface area contributed by atoms with Gasteiger partial charge in [-0.05, 0) is 91.2 Å². The van der Waals surface area contributed by atoms with Gasteiger partial charge in [0.05, 0.1) is 10.7 Å². The second-order valence-corrected chi connectivity index (χ2v) is 13.7. The van der Waals surface area contributed by atoms with Gasteiger partial charge in [0, 0.05) is 67.4 Å². The van der Waals surface area contributed by atoms with E-state index in [4.69, 9.17) is 22.1 Å². The molecule has 4 aromatic rings. The summed E-state index contributed by atoms with van der Waals surface area (Å²) < 4.78 is 21.2. The third-order valence-corrected chi connectivity index (χ3v) is 9.00. The summed E-state index contributed by atoms with van der Waals surface area (Å²) in [4.78, 5) is 57.8. The van der Waals surface area contributed by atoms with Gasteiger partial charge in [-0.1, -0.05) is 23.7 Å². The van der Waals surface area contributed by atoms with Crippen LogP contribution < -0.4 is 16.0 Å². The third kappa shape index (κ3) is 7.89. The van der Waals surface area contributed by atoms with Crippen molar-refractivity contribution < 1.29 is 28.3 Å². The lowest BCUT2D eigenvalue weighted by Gasteiger charge is -2.41.